The molecule has 0 aromatic carbocycles. The second kappa shape index (κ2) is 5.18. The van der Waals surface area contributed by atoms with Gasteiger partial charge in [0.25, 0.3) is 0 Å². The van der Waals surface area contributed by atoms with Crippen LogP contribution in [0.5, 0.6) is 0 Å². The van der Waals surface area contributed by atoms with E-state index in [1.54, 1.807) is 0 Å². The third-order valence-corrected chi connectivity index (χ3v) is 7.11. The second-order valence-corrected chi connectivity index (χ2v) is 8.38. The Morgan fingerprint density at radius 2 is 2.00 bits per heavy atom. The third kappa shape index (κ3) is 2.09. The molecule has 4 rings (SSSR count). The Balaban J connectivity index is 1.69. The van der Waals surface area contributed by atoms with Crippen LogP contribution in [0.25, 0.3) is 0 Å². The van der Waals surface area contributed by atoms with Crippen LogP contribution in [0.4, 0.5) is 0 Å². The molecule has 24 heavy (non-hydrogen) atoms. The highest BCUT2D eigenvalue weighted by Crippen LogP contribution is 2.61. The maximum atomic E-state index is 12.4. The Morgan fingerprint density at radius 3 is 2.75 bits per heavy atom. The molecule has 2 fully saturated rings. The van der Waals surface area contributed by atoms with Gasteiger partial charge in [-0.2, -0.15) is 0 Å². The number of carbonyl (C=O) groups is 2. The highest BCUT2D eigenvalue weighted by Gasteiger charge is 2.55. The van der Waals surface area contributed by atoms with Gasteiger partial charge in [-0.1, -0.05) is 43.2 Å². The van der Waals surface area contributed by atoms with Crippen molar-refractivity contribution >= 4 is 11.8 Å². The molecule has 0 aromatic heterocycles. The van der Waals surface area contributed by atoms with Crippen molar-refractivity contribution in [3.8, 4) is 0 Å². The lowest BCUT2D eigenvalue weighted by Gasteiger charge is -2.51. The van der Waals surface area contributed by atoms with Gasteiger partial charge in [0.1, 0.15) is 11.9 Å². The molecule has 3 heteroatoms. The minimum Gasteiger partial charge on any atom is -0.458 e. The lowest BCUT2D eigenvalue weighted by atomic mass is 9.52. The Bertz CT molecular complexity index is 698. The van der Waals surface area contributed by atoms with Crippen molar-refractivity contribution in [2.45, 2.75) is 59.0 Å². The van der Waals surface area contributed by atoms with Gasteiger partial charge < -0.3 is 4.74 Å². The predicted molar refractivity (Wildman–Crippen MR) is 92.1 cm³/mol. The van der Waals surface area contributed by atoms with Crippen LogP contribution in [-0.4, -0.2) is 17.9 Å². The summed E-state index contributed by atoms with van der Waals surface area (Å²) in [5, 5.41) is 0. The number of hydrogen-bond acceptors (Lipinski definition) is 3. The van der Waals surface area contributed by atoms with Gasteiger partial charge in [0.15, 0.2) is 0 Å². The van der Waals surface area contributed by atoms with Crippen LogP contribution in [0.2, 0.25) is 0 Å². The summed E-state index contributed by atoms with van der Waals surface area (Å²) in [7, 11) is 0. The van der Waals surface area contributed by atoms with Crippen LogP contribution < -0.4 is 0 Å². The molecular formula is C21H26O3. The zero-order valence-electron chi connectivity index (χ0n) is 14.8. The number of fused-ring (bicyclic) bond motifs is 5. The number of ether oxygens (including phenoxy) is 1. The van der Waals surface area contributed by atoms with Gasteiger partial charge in [-0.25, -0.2) is 0 Å². The summed E-state index contributed by atoms with van der Waals surface area (Å²) in [5.41, 5.74) is 2.71. The lowest BCUT2D eigenvalue weighted by molar-refractivity contribution is -0.144. The van der Waals surface area contributed by atoms with Gasteiger partial charge >= 0.3 is 5.97 Å². The normalized spacial score (nSPS) is 43.3. The number of carbonyl (C=O) groups excluding carboxylic acids is 2. The van der Waals surface area contributed by atoms with Crippen molar-refractivity contribution in [2.75, 3.05) is 0 Å². The summed E-state index contributed by atoms with van der Waals surface area (Å²) in [6.45, 7) is 5.96. The van der Waals surface area contributed by atoms with E-state index in [-0.39, 0.29) is 22.9 Å². The lowest BCUT2D eigenvalue weighted by Crippen LogP contribution is -2.44. The van der Waals surface area contributed by atoms with E-state index in [2.05, 4.69) is 38.2 Å². The summed E-state index contributed by atoms with van der Waals surface area (Å²) < 4.78 is 5.39. The van der Waals surface area contributed by atoms with Gasteiger partial charge in [-0.3, -0.25) is 9.59 Å². The van der Waals surface area contributed by atoms with E-state index < -0.39 is 0 Å². The van der Waals surface area contributed by atoms with Crippen molar-refractivity contribution < 1.29 is 14.3 Å². The smallest absolute Gasteiger partial charge is 0.303 e. The fraction of sp³-hybridized carbons (Fsp3) is 0.619. The standard InChI is InChI=1S/C21H26O3/c1-13(22)24-15-8-10-20(2)14(12-15)4-5-16-17-6-7-19(23)21(17,3)11-9-18(16)20/h4-5,8,10,15,17-18H,6-7,9,11-12H2,1-3H3/t15?,17?,18?,20-,21-/m0/s1. The molecule has 0 radical (unpaired) electrons. The van der Waals surface area contributed by atoms with E-state index in [0.29, 0.717) is 17.6 Å². The third-order valence-electron chi connectivity index (χ3n) is 7.11. The summed E-state index contributed by atoms with van der Waals surface area (Å²) in [6, 6.07) is 0. The minimum absolute atomic E-state index is 0.00764. The predicted octanol–water partition coefficient (Wildman–Crippen LogP) is 4.15. The first-order valence-corrected chi connectivity index (χ1v) is 9.15. The summed E-state index contributed by atoms with van der Waals surface area (Å²) >= 11 is 0. The van der Waals surface area contributed by atoms with Crippen molar-refractivity contribution in [1.29, 1.82) is 0 Å². The fourth-order valence-electron chi connectivity index (χ4n) is 5.65. The molecule has 0 N–H and O–H groups in total. The van der Waals surface area contributed by atoms with Gasteiger partial charge in [-0.15, -0.1) is 0 Å². The SMILES string of the molecule is CC(=O)OC1C=C[C@@]2(C)C(=CC=C3C2CC[C@]2(C)C(=O)CCC32)C1. The van der Waals surface area contributed by atoms with Gasteiger partial charge in [0.2, 0.25) is 0 Å². The van der Waals surface area contributed by atoms with Crippen LogP contribution in [-0.2, 0) is 14.3 Å². The van der Waals surface area contributed by atoms with E-state index in [1.165, 1.54) is 18.1 Å². The first-order valence-electron chi connectivity index (χ1n) is 9.15. The van der Waals surface area contributed by atoms with E-state index >= 15 is 0 Å². The fourth-order valence-corrected chi connectivity index (χ4v) is 5.65. The van der Waals surface area contributed by atoms with E-state index in [9.17, 15) is 9.59 Å². The van der Waals surface area contributed by atoms with Crippen molar-refractivity contribution in [3.63, 3.8) is 0 Å². The monoisotopic (exact) mass is 326 g/mol. The minimum atomic E-state index is -0.223. The summed E-state index contributed by atoms with van der Waals surface area (Å²) in [4.78, 5) is 23.7. The van der Waals surface area contributed by atoms with Crippen LogP contribution >= 0.6 is 0 Å². The number of esters is 1. The highest BCUT2D eigenvalue weighted by molar-refractivity contribution is 5.88. The quantitative estimate of drug-likeness (QED) is 0.537. The maximum absolute atomic E-state index is 12.4. The van der Waals surface area contributed by atoms with Gasteiger partial charge in [0.05, 0.1) is 0 Å². The molecule has 5 atom stereocenters. The number of Topliss-reactive ketones (excluding diaryl/α,β-unsaturated/α-hetero) is 1. The molecule has 4 aliphatic carbocycles. The second-order valence-electron chi connectivity index (χ2n) is 8.38. The molecule has 128 valence electrons. The van der Waals surface area contributed by atoms with Crippen LogP contribution in [0.15, 0.2) is 35.5 Å². The average molecular weight is 326 g/mol. The Kier molecular flexibility index (Phi) is 3.42. The first-order chi connectivity index (χ1) is 11.3. The van der Waals surface area contributed by atoms with Crippen LogP contribution in [0.1, 0.15) is 52.9 Å². The topological polar surface area (TPSA) is 43.4 Å². The molecule has 0 bridgehead atoms. The molecule has 0 amide bonds. The number of rotatable bonds is 1. The first kappa shape index (κ1) is 15.9. The van der Waals surface area contributed by atoms with Crippen molar-refractivity contribution in [2.24, 2.45) is 22.7 Å². The van der Waals surface area contributed by atoms with Crippen molar-refractivity contribution in [1.82, 2.24) is 0 Å². The van der Waals surface area contributed by atoms with Crippen LogP contribution in [0, 0.1) is 22.7 Å². The van der Waals surface area contributed by atoms with Gasteiger partial charge in [-0.05, 0) is 37.2 Å². The zero-order chi connectivity index (χ0) is 17.1. The molecule has 2 saturated carbocycles. The molecule has 3 unspecified atom stereocenters. The molecule has 3 nitrogen and oxygen atoms in total. The number of allylic oxidation sites excluding steroid dienone is 4. The summed E-state index contributed by atoms with van der Waals surface area (Å²) in [6.07, 6.45) is 13.3. The number of ketones is 1. The Morgan fingerprint density at radius 1 is 1.21 bits per heavy atom. The van der Waals surface area contributed by atoms with E-state index in [0.717, 1.165) is 32.1 Å². The Labute approximate surface area is 143 Å². The van der Waals surface area contributed by atoms with E-state index in [1.807, 2.05) is 0 Å². The zero-order valence-corrected chi connectivity index (χ0v) is 14.8. The molecular weight excluding hydrogens is 300 g/mol. The maximum Gasteiger partial charge on any atom is 0.303 e. The Hall–Kier alpha value is -1.64. The summed E-state index contributed by atoms with van der Waals surface area (Å²) in [5.74, 6) is 1.13. The molecule has 0 saturated heterocycles. The molecule has 0 spiro atoms. The van der Waals surface area contributed by atoms with Crippen molar-refractivity contribution in [3.05, 3.63) is 35.5 Å². The molecule has 4 aliphatic rings. The molecule has 0 aromatic rings. The number of hydrogen-bond donors (Lipinski definition) is 0. The molecule has 0 aliphatic heterocycles. The largest absolute Gasteiger partial charge is 0.458 e. The highest BCUT2D eigenvalue weighted by atomic mass is 16.5. The average Bonchev–Trinajstić information content (AvgIpc) is 2.83. The van der Waals surface area contributed by atoms with Gasteiger partial charge in [0, 0.05) is 30.6 Å². The molecule has 0 heterocycles. The van der Waals surface area contributed by atoms with E-state index in [4.69, 9.17) is 4.74 Å². The van der Waals surface area contributed by atoms with Crippen LogP contribution in [0.3, 0.4) is 0 Å².